The molecule has 1 heterocycles. The Bertz CT molecular complexity index is 686. The standard InChI is InChI=1S/C11H11NO3S3/c13-18(14,15)7-6-12-10(8-17-11(12)16)9-4-2-1-3-5-9/h1-5,8H,6-7H2,(H,13,14,15). The third-order valence-electron chi connectivity index (χ3n) is 2.42. The highest BCUT2D eigenvalue weighted by atomic mass is 32.2. The van der Waals surface area contributed by atoms with Gasteiger partial charge in [-0.25, -0.2) is 0 Å². The molecule has 1 aromatic heterocycles. The Morgan fingerprint density at radius 1 is 1.28 bits per heavy atom. The van der Waals surface area contributed by atoms with Crippen molar-refractivity contribution in [3.05, 3.63) is 39.7 Å². The minimum Gasteiger partial charge on any atom is -0.322 e. The second kappa shape index (κ2) is 5.31. The number of benzene rings is 1. The summed E-state index contributed by atoms with van der Waals surface area (Å²) in [5.41, 5.74) is 1.84. The first-order valence-electron chi connectivity index (χ1n) is 5.16. The van der Waals surface area contributed by atoms with Crippen LogP contribution >= 0.6 is 23.6 Å². The molecule has 2 rings (SSSR count). The molecule has 0 atom stereocenters. The molecule has 0 aliphatic heterocycles. The number of aromatic nitrogens is 1. The lowest BCUT2D eigenvalue weighted by molar-refractivity contribution is 0.478. The van der Waals surface area contributed by atoms with E-state index in [2.05, 4.69) is 0 Å². The molecule has 0 bridgehead atoms. The predicted molar refractivity (Wildman–Crippen MR) is 75.0 cm³/mol. The Morgan fingerprint density at radius 2 is 1.94 bits per heavy atom. The molecule has 0 saturated heterocycles. The van der Waals surface area contributed by atoms with Crippen LogP contribution in [0.5, 0.6) is 0 Å². The normalized spacial score (nSPS) is 11.6. The van der Waals surface area contributed by atoms with Crippen molar-refractivity contribution in [2.75, 3.05) is 5.75 Å². The Morgan fingerprint density at radius 3 is 2.56 bits per heavy atom. The van der Waals surface area contributed by atoms with Gasteiger partial charge in [0.1, 0.15) is 0 Å². The molecule has 0 aliphatic rings. The van der Waals surface area contributed by atoms with E-state index < -0.39 is 10.1 Å². The van der Waals surface area contributed by atoms with E-state index in [0.29, 0.717) is 3.95 Å². The second-order valence-electron chi connectivity index (χ2n) is 3.69. The van der Waals surface area contributed by atoms with Crippen LogP contribution in [0.1, 0.15) is 0 Å². The quantitative estimate of drug-likeness (QED) is 0.697. The summed E-state index contributed by atoms with van der Waals surface area (Å²) in [7, 11) is -3.98. The fourth-order valence-electron chi connectivity index (χ4n) is 1.58. The van der Waals surface area contributed by atoms with Crippen LogP contribution in [0, 0.1) is 3.95 Å². The summed E-state index contributed by atoms with van der Waals surface area (Å²) >= 11 is 6.54. The maximum atomic E-state index is 10.8. The predicted octanol–water partition coefficient (Wildman–Crippen LogP) is 2.83. The fourth-order valence-corrected chi connectivity index (χ4v) is 3.12. The summed E-state index contributed by atoms with van der Waals surface area (Å²) in [6.07, 6.45) is 0. The molecular weight excluding hydrogens is 290 g/mol. The maximum absolute atomic E-state index is 10.8. The lowest BCUT2D eigenvalue weighted by Gasteiger charge is -2.07. The first kappa shape index (κ1) is 13.4. The molecule has 0 fully saturated rings. The van der Waals surface area contributed by atoms with Gasteiger partial charge >= 0.3 is 0 Å². The van der Waals surface area contributed by atoms with Crippen molar-refractivity contribution in [3.8, 4) is 11.3 Å². The monoisotopic (exact) mass is 301 g/mol. The van der Waals surface area contributed by atoms with Gasteiger partial charge in [0.2, 0.25) is 0 Å². The SMILES string of the molecule is O=S(=O)(O)CCn1c(-c2ccccc2)csc1=S. The van der Waals surface area contributed by atoms with Gasteiger partial charge < -0.3 is 4.57 Å². The van der Waals surface area contributed by atoms with Gasteiger partial charge in [-0.1, -0.05) is 30.3 Å². The van der Waals surface area contributed by atoms with Crippen LogP contribution in [0.2, 0.25) is 0 Å². The summed E-state index contributed by atoms with van der Waals surface area (Å²) in [6.45, 7) is 0.158. The molecular formula is C11H11NO3S3. The van der Waals surface area contributed by atoms with Crippen LogP contribution in [-0.2, 0) is 16.7 Å². The van der Waals surface area contributed by atoms with E-state index in [1.54, 1.807) is 4.57 Å². The lowest BCUT2D eigenvalue weighted by Crippen LogP contribution is -2.12. The van der Waals surface area contributed by atoms with Gasteiger partial charge in [0.25, 0.3) is 10.1 Å². The molecule has 4 nitrogen and oxygen atoms in total. The minimum absolute atomic E-state index is 0.158. The van der Waals surface area contributed by atoms with Crippen molar-refractivity contribution in [1.82, 2.24) is 4.57 Å². The van der Waals surface area contributed by atoms with Gasteiger partial charge in [-0.3, -0.25) is 4.55 Å². The molecule has 96 valence electrons. The second-order valence-corrected chi connectivity index (χ2v) is 6.77. The Balaban J connectivity index is 2.37. The van der Waals surface area contributed by atoms with E-state index in [9.17, 15) is 8.42 Å². The molecule has 1 aromatic carbocycles. The van der Waals surface area contributed by atoms with Crippen molar-refractivity contribution in [1.29, 1.82) is 0 Å². The minimum atomic E-state index is -3.98. The number of rotatable bonds is 4. The number of hydrogen-bond donors (Lipinski definition) is 1. The zero-order valence-electron chi connectivity index (χ0n) is 9.31. The number of hydrogen-bond acceptors (Lipinski definition) is 4. The molecule has 7 heteroatoms. The van der Waals surface area contributed by atoms with Crippen LogP contribution in [0.3, 0.4) is 0 Å². The van der Waals surface area contributed by atoms with E-state index in [0.717, 1.165) is 11.3 Å². The Kier molecular flexibility index (Phi) is 3.96. The number of thiazole rings is 1. The topological polar surface area (TPSA) is 59.3 Å². The smallest absolute Gasteiger partial charge is 0.266 e. The van der Waals surface area contributed by atoms with Crippen molar-refractivity contribution in [3.63, 3.8) is 0 Å². The van der Waals surface area contributed by atoms with E-state index in [1.165, 1.54) is 11.3 Å². The van der Waals surface area contributed by atoms with Crippen molar-refractivity contribution < 1.29 is 13.0 Å². The highest BCUT2D eigenvalue weighted by molar-refractivity contribution is 7.85. The first-order valence-corrected chi connectivity index (χ1v) is 8.06. The molecule has 0 spiro atoms. The van der Waals surface area contributed by atoms with Gasteiger partial charge in [0.15, 0.2) is 3.95 Å². The maximum Gasteiger partial charge on any atom is 0.266 e. The third-order valence-corrected chi connectivity index (χ3v) is 4.40. The highest BCUT2D eigenvalue weighted by Gasteiger charge is 2.10. The third kappa shape index (κ3) is 3.26. The van der Waals surface area contributed by atoms with Crippen LogP contribution < -0.4 is 0 Å². The van der Waals surface area contributed by atoms with Crippen LogP contribution in [0.15, 0.2) is 35.7 Å². The zero-order valence-corrected chi connectivity index (χ0v) is 11.8. The van der Waals surface area contributed by atoms with Gasteiger partial charge in [0.05, 0.1) is 11.4 Å². The summed E-state index contributed by atoms with van der Waals surface area (Å²) in [5, 5.41) is 1.89. The van der Waals surface area contributed by atoms with E-state index in [-0.39, 0.29) is 12.3 Å². The average Bonchev–Trinajstić information content (AvgIpc) is 2.68. The summed E-state index contributed by atoms with van der Waals surface area (Å²) in [4.78, 5) is 0. The molecule has 2 aromatic rings. The average molecular weight is 301 g/mol. The van der Waals surface area contributed by atoms with E-state index in [1.807, 2.05) is 35.7 Å². The Hall–Kier alpha value is -1.02. The van der Waals surface area contributed by atoms with Crippen molar-refractivity contribution in [2.24, 2.45) is 0 Å². The summed E-state index contributed by atoms with van der Waals surface area (Å²) in [5.74, 6) is -0.335. The lowest BCUT2D eigenvalue weighted by atomic mass is 10.2. The molecule has 1 N–H and O–H groups in total. The molecule has 18 heavy (non-hydrogen) atoms. The first-order chi connectivity index (χ1) is 8.47. The van der Waals surface area contributed by atoms with Crippen LogP contribution in [-0.4, -0.2) is 23.3 Å². The highest BCUT2D eigenvalue weighted by Crippen LogP contribution is 2.23. The van der Waals surface area contributed by atoms with E-state index >= 15 is 0 Å². The molecule has 0 unspecified atom stereocenters. The van der Waals surface area contributed by atoms with Crippen molar-refractivity contribution >= 4 is 33.7 Å². The van der Waals surface area contributed by atoms with Gasteiger partial charge in [-0.15, -0.1) is 11.3 Å². The zero-order chi connectivity index (χ0) is 13.2. The Labute approximate surface area is 114 Å². The fraction of sp³-hybridized carbons (Fsp3) is 0.182. The van der Waals surface area contributed by atoms with Gasteiger partial charge in [-0.2, -0.15) is 8.42 Å². The van der Waals surface area contributed by atoms with Crippen LogP contribution in [0.25, 0.3) is 11.3 Å². The molecule has 0 aliphatic carbocycles. The van der Waals surface area contributed by atoms with Crippen molar-refractivity contribution in [2.45, 2.75) is 6.54 Å². The molecule has 0 amide bonds. The van der Waals surface area contributed by atoms with Gasteiger partial charge in [0, 0.05) is 11.9 Å². The summed E-state index contributed by atoms with van der Waals surface area (Å²) < 4.78 is 32.7. The number of nitrogens with zero attached hydrogens (tertiary/aromatic N) is 1. The molecule has 0 saturated carbocycles. The van der Waals surface area contributed by atoms with Crippen LogP contribution in [0.4, 0.5) is 0 Å². The molecule has 0 radical (unpaired) electrons. The summed E-state index contributed by atoms with van der Waals surface area (Å²) in [6, 6.07) is 9.58. The van der Waals surface area contributed by atoms with Gasteiger partial charge in [-0.05, 0) is 17.8 Å². The largest absolute Gasteiger partial charge is 0.322 e. The van der Waals surface area contributed by atoms with E-state index in [4.69, 9.17) is 16.8 Å².